The Morgan fingerprint density at radius 3 is 3.00 bits per heavy atom. The summed E-state index contributed by atoms with van der Waals surface area (Å²) < 4.78 is 20.8. The van der Waals surface area contributed by atoms with Crippen molar-refractivity contribution in [1.29, 1.82) is 0 Å². The van der Waals surface area contributed by atoms with Crippen LogP contribution in [0.15, 0.2) is 18.2 Å². The molecule has 1 atom stereocenters. The first kappa shape index (κ1) is 15.8. The zero-order chi connectivity index (χ0) is 15.7. The quantitative estimate of drug-likeness (QED) is 0.933. The van der Waals surface area contributed by atoms with Crippen LogP contribution in [0.2, 0.25) is 0 Å². The van der Waals surface area contributed by atoms with E-state index in [9.17, 15) is 3.89 Å². The van der Waals surface area contributed by atoms with Gasteiger partial charge in [0.15, 0.2) is 12.3 Å². The van der Waals surface area contributed by atoms with Crippen LogP contribution in [0.5, 0.6) is 0 Å². The van der Waals surface area contributed by atoms with Gasteiger partial charge >= 0.3 is 0 Å². The molecule has 120 valence electrons. The summed E-state index contributed by atoms with van der Waals surface area (Å²) in [7, 11) is 0. The van der Waals surface area contributed by atoms with Crippen molar-refractivity contribution in [2.24, 2.45) is 11.7 Å². The Hall–Kier alpha value is -1.11. The van der Waals surface area contributed by atoms with Crippen molar-refractivity contribution in [3.8, 4) is 0 Å². The minimum atomic E-state index is -0.102. The molecule has 6 heteroatoms. The van der Waals surface area contributed by atoms with E-state index < -0.39 is 0 Å². The van der Waals surface area contributed by atoms with Crippen molar-refractivity contribution in [3.05, 3.63) is 29.6 Å². The molecule has 1 fully saturated rings. The summed E-state index contributed by atoms with van der Waals surface area (Å²) in [6.45, 7) is 5.45. The molecule has 1 aliphatic rings. The molecule has 0 saturated carbocycles. The van der Waals surface area contributed by atoms with Gasteiger partial charge in [-0.2, -0.15) is 0 Å². The summed E-state index contributed by atoms with van der Waals surface area (Å²) in [5.41, 5.74) is 8.21. The molecule has 1 aromatic heterocycles. The average Bonchev–Trinajstić information content (AvgIpc) is 2.82. The number of nitrogens with zero attached hydrogens (tertiary/aromatic N) is 2. The Morgan fingerprint density at radius 2 is 2.32 bits per heavy atom. The van der Waals surface area contributed by atoms with Gasteiger partial charge in [-0.15, -0.1) is 3.89 Å². The number of nitrogens with two attached hydrogens (primary N) is 1. The Morgan fingerprint density at radius 1 is 1.50 bits per heavy atom. The summed E-state index contributed by atoms with van der Waals surface area (Å²) in [6.07, 6.45) is 2.75. The van der Waals surface area contributed by atoms with E-state index >= 15 is 0 Å². The van der Waals surface area contributed by atoms with Crippen LogP contribution in [-0.4, -0.2) is 21.2 Å². The van der Waals surface area contributed by atoms with Gasteiger partial charge in [0.05, 0.1) is 16.6 Å². The number of rotatable bonds is 4. The van der Waals surface area contributed by atoms with Gasteiger partial charge in [0.25, 0.3) is 0 Å². The zero-order valence-electron chi connectivity index (χ0n) is 13.0. The van der Waals surface area contributed by atoms with E-state index in [1.807, 2.05) is 18.2 Å². The molecular formula is C16H22FN3OS. The van der Waals surface area contributed by atoms with Crippen LogP contribution >= 0.6 is 12.3 Å². The van der Waals surface area contributed by atoms with Crippen LogP contribution in [0.4, 0.5) is 3.89 Å². The van der Waals surface area contributed by atoms with Crippen molar-refractivity contribution in [2.75, 3.05) is 6.61 Å². The molecule has 1 saturated heterocycles. The van der Waals surface area contributed by atoms with Crippen molar-refractivity contribution in [3.63, 3.8) is 0 Å². The Bertz CT molecular complexity index is 671. The van der Waals surface area contributed by atoms with Gasteiger partial charge in [-0.05, 0) is 50.3 Å². The first-order valence-electron chi connectivity index (χ1n) is 7.66. The first-order valence-corrected chi connectivity index (χ1v) is 8.33. The van der Waals surface area contributed by atoms with E-state index in [-0.39, 0.29) is 17.9 Å². The second-order valence-corrected chi connectivity index (χ2v) is 7.09. The number of hydrogen-bond donors (Lipinski definition) is 1. The van der Waals surface area contributed by atoms with Crippen molar-refractivity contribution < 1.29 is 8.62 Å². The van der Waals surface area contributed by atoms with Gasteiger partial charge in [0.2, 0.25) is 0 Å². The van der Waals surface area contributed by atoms with Gasteiger partial charge in [0, 0.05) is 19.6 Å². The topological polar surface area (TPSA) is 53.1 Å². The smallest absolute Gasteiger partial charge is 0.171 e. The standard InChI is InChI=1S/C16H22FN3OS/c1-16(2)9-11(5-6-21-16)8-15-19-13-7-12(10-18)3-4-14(13)20(15)22-17/h3-4,7,11H,5-6,8-10,18H2,1-2H3. The van der Waals surface area contributed by atoms with E-state index in [0.29, 0.717) is 12.5 Å². The third-order valence-corrected chi connectivity index (χ3v) is 4.86. The molecule has 1 aromatic carbocycles. The molecule has 0 aliphatic carbocycles. The Labute approximate surface area is 134 Å². The second-order valence-electron chi connectivity index (χ2n) is 6.59. The van der Waals surface area contributed by atoms with E-state index in [4.69, 9.17) is 10.5 Å². The number of fused-ring (bicyclic) bond motifs is 1. The lowest BCUT2D eigenvalue weighted by molar-refractivity contribution is -0.0723. The molecular weight excluding hydrogens is 301 g/mol. The minimum Gasteiger partial charge on any atom is -0.376 e. The number of halogens is 1. The molecule has 0 spiro atoms. The van der Waals surface area contributed by atoms with Gasteiger partial charge in [-0.1, -0.05) is 6.07 Å². The molecule has 3 rings (SSSR count). The number of hydrogen-bond acceptors (Lipinski definition) is 4. The molecule has 22 heavy (non-hydrogen) atoms. The number of aromatic nitrogens is 2. The first-order chi connectivity index (χ1) is 10.5. The predicted octanol–water partition coefficient (Wildman–Crippen LogP) is 3.62. The van der Waals surface area contributed by atoms with Crippen LogP contribution < -0.4 is 5.73 Å². The van der Waals surface area contributed by atoms with Crippen molar-refractivity contribution >= 4 is 23.4 Å². The summed E-state index contributed by atoms with van der Waals surface area (Å²) in [6, 6.07) is 5.77. The third-order valence-electron chi connectivity index (χ3n) is 4.32. The average molecular weight is 323 g/mol. The van der Waals surface area contributed by atoms with Crippen molar-refractivity contribution in [2.45, 2.75) is 45.3 Å². The fourth-order valence-corrected chi connectivity index (χ4v) is 3.70. The van der Waals surface area contributed by atoms with Crippen LogP contribution in [0, 0.1) is 5.92 Å². The van der Waals surface area contributed by atoms with Gasteiger partial charge in [-0.3, -0.25) is 0 Å². The summed E-state index contributed by atoms with van der Waals surface area (Å²) >= 11 is 0.225. The van der Waals surface area contributed by atoms with Crippen LogP contribution in [0.1, 0.15) is 38.1 Å². The maximum absolute atomic E-state index is 13.4. The summed E-state index contributed by atoms with van der Waals surface area (Å²) in [5.74, 6) is 1.26. The largest absolute Gasteiger partial charge is 0.376 e. The highest BCUT2D eigenvalue weighted by atomic mass is 32.2. The van der Waals surface area contributed by atoms with E-state index in [1.165, 1.54) is 0 Å². The Kier molecular flexibility index (Phi) is 4.43. The maximum atomic E-state index is 13.4. The van der Waals surface area contributed by atoms with Crippen LogP contribution in [-0.2, 0) is 17.7 Å². The fourth-order valence-electron chi connectivity index (χ4n) is 3.28. The lowest BCUT2D eigenvalue weighted by Crippen LogP contribution is -2.34. The van der Waals surface area contributed by atoms with Crippen LogP contribution in [0.3, 0.4) is 0 Å². The minimum absolute atomic E-state index is 0.102. The number of benzene rings is 1. The highest BCUT2D eigenvalue weighted by Gasteiger charge is 2.30. The van der Waals surface area contributed by atoms with E-state index in [0.717, 1.165) is 48.3 Å². The molecule has 0 bridgehead atoms. The highest BCUT2D eigenvalue weighted by molar-refractivity contribution is 7.92. The van der Waals surface area contributed by atoms with E-state index in [1.54, 1.807) is 3.97 Å². The highest BCUT2D eigenvalue weighted by Crippen LogP contribution is 2.32. The SMILES string of the molecule is CC1(C)CC(Cc2nc3cc(CN)ccc3n2SF)CCO1. The molecule has 1 unspecified atom stereocenters. The Balaban J connectivity index is 1.89. The zero-order valence-corrected chi connectivity index (χ0v) is 13.8. The van der Waals surface area contributed by atoms with E-state index in [2.05, 4.69) is 18.8 Å². The third kappa shape index (κ3) is 3.14. The molecule has 0 radical (unpaired) electrons. The molecule has 0 amide bonds. The van der Waals surface area contributed by atoms with Crippen LogP contribution in [0.25, 0.3) is 11.0 Å². The summed E-state index contributed by atoms with van der Waals surface area (Å²) in [5, 5.41) is 0. The molecule has 4 nitrogen and oxygen atoms in total. The lowest BCUT2D eigenvalue weighted by Gasteiger charge is -2.35. The fraction of sp³-hybridized carbons (Fsp3) is 0.562. The molecule has 2 N–H and O–H groups in total. The monoisotopic (exact) mass is 323 g/mol. The summed E-state index contributed by atoms with van der Waals surface area (Å²) in [4.78, 5) is 4.64. The normalized spacial score (nSPS) is 21.4. The lowest BCUT2D eigenvalue weighted by atomic mass is 9.86. The molecule has 1 aliphatic heterocycles. The van der Waals surface area contributed by atoms with Crippen molar-refractivity contribution in [1.82, 2.24) is 8.96 Å². The predicted molar refractivity (Wildman–Crippen MR) is 88.2 cm³/mol. The molecule has 2 aromatic rings. The number of imidazole rings is 1. The maximum Gasteiger partial charge on any atom is 0.171 e. The number of ether oxygens (including phenoxy) is 1. The molecule has 2 heterocycles. The van der Waals surface area contributed by atoms with Gasteiger partial charge < -0.3 is 10.5 Å². The van der Waals surface area contributed by atoms with Gasteiger partial charge in [-0.25, -0.2) is 8.96 Å². The second kappa shape index (κ2) is 6.18. The van der Waals surface area contributed by atoms with Gasteiger partial charge in [0.1, 0.15) is 5.82 Å².